The van der Waals surface area contributed by atoms with E-state index < -0.39 is 5.41 Å². The lowest BCUT2D eigenvalue weighted by molar-refractivity contribution is 0.769. The standard InChI is InChI=1S/C67H42/c1-3-15-49(16-4-1)67(50-17-5-2-6-18-50)61-39-47(29-33-57(61)58-34-30-48(40-62(58)67)52-31-25-45-23-21-41-11-9-13-43-27-35-59(52)65(45)63(41)43)51-37-38-55(54-20-8-7-19-53(51)54)56-32-26-46-24-22-42-12-10-14-44-28-36-60(56)66(46)64(42)44/h1-10,12-22,24-40H,11,23H2. The summed E-state index contributed by atoms with van der Waals surface area (Å²) in [4.78, 5) is 0. The number of hydrogen-bond acceptors (Lipinski definition) is 0. The second kappa shape index (κ2) is 13.8. The molecular formula is C67H42. The summed E-state index contributed by atoms with van der Waals surface area (Å²) in [5.74, 6) is 0. The van der Waals surface area contributed by atoms with Gasteiger partial charge in [0.1, 0.15) is 0 Å². The van der Waals surface area contributed by atoms with Crippen LogP contribution in [0.5, 0.6) is 0 Å². The Balaban J connectivity index is 0.945. The lowest BCUT2D eigenvalue weighted by Gasteiger charge is -2.34. The molecule has 310 valence electrons. The summed E-state index contributed by atoms with van der Waals surface area (Å²) in [6, 6.07) is 80.9. The molecule has 0 radical (unpaired) electrons. The predicted molar refractivity (Wildman–Crippen MR) is 284 cm³/mol. The smallest absolute Gasteiger partial charge is 0.0713 e. The molecule has 12 aromatic carbocycles. The van der Waals surface area contributed by atoms with Crippen LogP contribution in [0.15, 0.2) is 224 Å². The molecule has 0 atom stereocenters. The van der Waals surface area contributed by atoms with Gasteiger partial charge in [0.05, 0.1) is 5.41 Å². The summed E-state index contributed by atoms with van der Waals surface area (Å²) in [6.07, 6.45) is 9.07. The summed E-state index contributed by atoms with van der Waals surface area (Å²) in [6.45, 7) is 0. The molecule has 0 spiro atoms. The fourth-order valence-corrected chi connectivity index (χ4v) is 12.9. The van der Waals surface area contributed by atoms with Crippen LogP contribution >= 0.6 is 0 Å². The van der Waals surface area contributed by atoms with Crippen molar-refractivity contribution in [3.8, 4) is 44.5 Å². The molecule has 0 fully saturated rings. The molecule has 15 rings (SSSR count). The summed E-state index contributed by atoms with van der Waals surface area (Å²) in [5, 5.41) is 13.2. The van der Waals surface area contributed by atoms with Gasteiger partial charge < -0.3 is 0 Å². The first-order chi connectivity index (χ1) is 33.2. The number of rotatable bonds is 5. The minimum atomic E-state index is -0.558. The van der Waals surface area contributed by atoms with Gasteiger partial charge in [0.2, 0.25) is 0 Å². The molecule has 0 heterocycles. The van der Waals surface area contributed by atoms with Crippen molar-refractivity contribution in [2.45, 2.75) is 18.3 Å². The van der Waals surface area contributed by atoms with E-state index in [-0.39, 0.29) is 0 Å². The topological polar surface area (TPSA) is 0 Å². The first kappa shape index (κ1) is 37.0. The Kier molecular flexibility index (Phi) is 7.64. The van der Waals surface area contributed by atoms with Crippen LogP contribution in [0.2, 0.25) is 0 Å². The van der Waals surface area contributed by atoms with Gasteiger partial charge in [-0.05, 0) is 168 Å². The van der Waals surface area contributed by atoms with E-state index in [1.807, 2.05) is 0 Å². The first-order valence-electron chi connectivity index (χ1n) is 23.8. The maximum absolute atomic E-state index is 2.53. The minimum absolute atomic E-state index is 0.558. The Labute approximate surface area is 389 Å². The number of hydrogen-bond donors (Lipinski definition) is 0. The van der Waals surface area contributed by atoms with Crippen LogP contribution in [-0.4, -0.2) is 0 Å². The molecule has 0 aromatic heterocycles. The van der Waals surface area contributed by atoms with Crippen LogP contribution in [0.4, 0.5) is 0 Å². The van der Waals surface area contributed by atoms with Crippen LogP contribution in [0.1, 0.15) is 45.4 Å². The number of fused-ring (bicyclic) bond motifs is 4. The van der Waals surface area contributed by atoms with Gasteiger partial charge in [-0.1, -0.05) is 218 Å². The lowest BCUT2D eigenvalue weighted by Crippen LogP contribution is -2.28. The van der Waals surface area contributed by atoms with E-state index in [4.69, 9.17) is 0 Å². The predicted octanol–water partition coefficient (Wildman–Crippen LogP) is 17.6. The average Bonchev–Trinajstić information content (AvgIpc) is 3.69. The number of allylic oxidation sites excluding steroid dienone is 3. The summed E-state index contributed by atoms with van der Waals surface area (Å²) >= 11 is 0. The van der Waals surface area contributed by atoms with Crippen molar-refractivity contribution in [1.29, 1.82) is 0 Å². The van der Waals surface area contributed by atoms with Crippen molar-refractivity contribution in [2.75, 3.05) is 0 Å². The maximum Gasteiger partial charge on any atom is 0.0713 e. The second-order valence-electron chi connectivity index (χ2n) is 18.9. The Hall–Kier alpha value is -8.32. The molecule has 3 aliphatic rings. The maximum atomic E-state index is 2.53. The van der Waals surface area contributed by atoms with Crippen molar-refractivity contribution >= 4 is 65.5 Å². The van der Waals surface area contributed by atoms with Crippen LogP contribution < -0.4 is 0 Å². The van der Waals surface area contributed by atoms with E-state index in [1.54, 1.807) is 0 Å². The molecule has 67 heavy (non-hydrogen) atoms. The second-order valence-corrected chi connectivity index (χ2v) is 18.9. The SMILES string of the molecule is C1=Cc2ccc3c(-c4ccc5c(c4)C(c4ccccc4)(c4ccccc4)c4cc(-c6ccc(-c7ccc8ccc9cccc%10ccc7c8c9%10)c7ccccc67)ccc4-5)ccc4c3c2C(=CC4)C1. The molecule has 0 N–H and O–H groups in total. The first-order valence-corrected chi connectivity index (χ1v) is 23.8. The quantitative estimate of drug-likeness (QED) is 0.151. The van der Waals surface area contributed by atoms with Crippen molar-refractivity contribution in [3.63, 3.8) is 0 Å². The molecule has 12 aromatic rings. The van der Waals surface area contributed by atoms with Crippen LogP contribution in [0.25, 0.3) is 110 Å². The highest BCUT2D eigenvalue weighted by molar-refractivity contribution is 6.26. The normalized spacial score (nSPS) is 14.3. The van der Waals surface area contributed by atoms with E-state index in [0.29, 0.717) is 0 Å². The molecule has 0 saturated heterocycles. The van der Waals surface area contributed by atoms with E-state index in [0.717, 1.165) is 12.8 Å². The average molecular weight is 847 g/mol. The zero-order valence-corrected chi connectivity index (χ0v) is 36.9. The third-order valence-electron chi connectivity index (χ3n) is 15.7. The van der Waals surface area contributed by atoms with Gasteiger partial charge in [-0.25, -0.2) is 0 Å². The van der Waals surface area contributed by atoms with E-state index >= 15 is 0 Å². The molecule has 0 nitrogen and oxygen atoms in total. The highest BCUT2D eigenvalue weighted by atomic mass is 14.5. The molecule has 0 unspecified atom stereocenters. The highest BCUT2D eigenvalue weighted by Crippen LogP contribution is 2.58. The van der Waals surface area contributed by atoms with E-state index in [1.165, 1.54) is 143 Å². The summed E-state index contributed by atoms with van der Waals surface area (Å²) < 4.78 is 0. The Morgan fingerprint density at radius 2 is 0.866 bits per heavy atom. The van der Waals surface area contributed by atoms with E-state index in [9.17, 15) is 0 Å². The summed E-state index contributed by atoms with van der Waals surface area (Å²) in [7, 11) is 0. The molecule has 0 aliphatic heterocycles. The van der Waals surface area contributed by atoms with E-state index in [2.05, 4.69) is 231 Å². The van der Waals surface area contributed by atoms with Crippen LogP contribution in [0, 0.1) is 0 Å². The van der Waals surface area contributed by atoms with Gasteiger partial charge in [0, 0.05) is 0 Å². The van der Waals surface area contributed by atoms with Crippen molar-refractivity contribution in [2.24, 2.45) is 0 Å². The number of benzene rings is 12. The largest absolute Gasteiger partial charge is 0.0795 e. The van der Waals surface area contributed by atoms with Crippen LogP contribution in [-0.2, 0) is 11.8 Å². The Morgan fingerprint density at radius 1 is 0.343 bits per heavy atom. The van der Waals surface area contributed by atoms with Crippen LogP contribution in [0.3, 0.4) is 0 Å². The van der Waals surface area contributed by atoms with Gasteiger partial charge in [-0.2, -0.15) is 0 Å². The monoisotopic (exact) mass is 846 g/mol. The van der Waals surface area contributed by atoms with Crippen molar-refractivity contribution in [1.82, 2.24) is 0 Å². The van der Waals surface area contributed by atoms with Gasteiger partial charge in [0.15, 0.2) is 0 Å². The van der Waals surface area contributed by atoms with Gasteiger partial charge in [-0.15, -0.1) is 0 Å². The van der Waals surface area contributed by atoms with Crippen molar-refractivity contribution in [3.05, 3.63) is 263 Å². The third kappa shape index (κ3) is 5.08. The molecule has 0 saturated carbocycles. The Morgan fingerprint density at radius 3 is 1.58 bits per heavy atom. The fraction of sp³-hybridized carbons (Fsp3) is 0.0448. The summed E-state index contributed by atoms with van der Waals surface area (Å²) in [5.41, 5.74) is 20.4. The third-order valence-corrected chi connectivity index (χ3v) is 15.7. The lowest BCUT2D eigenvalue weighted by atomic mass is 9.67. The Bertz CT molecular complexity index is 4070. The minimum Gasteiger partial charge on any atom is -0.0795 e. The highest BCUT2D eigenvalue weighted by Gasteiger charge is 2.46. The molecule has 0 bridgehead atoms. The fourth-order valence-electron chi connectivity index (χ4n) is 12.9. The van der Waals surface area contributed by atoms with Gasteiger partial charge >= 0.3 is 0 Å². The van der Waals surface area contributed by atoms with Gasteiger partial charge in [-0.3, -0.25) is 0 Å². The van der Waals surface area contributed by atoms with Gasteiger partial charge in [0.25, 0.3) is 0 Å². The molecular weight excluding hydrogens is 805 g/mol. The molecule has 3 aliphatic carbocycles. The zero-order valence-electron chi connectivity index (χ0n) is 36.9. The molecule has 0 heteroatoms. The van der Waals surface area contributed by atoms with Crippen molar-refractivity contribution < 1.29 is 0 Å². The zero-order chi connectivity index (χ0) is 43.8. The molecule has 0 amide bonds.